The molecule has 1 aromatic carbocycles. The number of ether oxygens (including phenoxy) is 2. The molecular formula is C15H21NO3. The lowest BCUT2D eigenvalue weighted by Gasteiger charge is -2.23. The predicted molar refractivity (Wildman–Crippen MR) is 73.2 cm³/mol. The zero-order valence-electron chi connectivity index (χ0n) is 11.6. The van der Waals surface area contributed by atoms with Crippen molar-refractivity contribution in [3.63, 3.8) is 0 Å². The normalized spacial score (nSPS) is 19.4. The SMILES string of the molecule is CCOC(=O)CN1CCC[C@@H]1c1ccc(OC)cc1. The molecule has 0 N–H and O–H groups in total. The lowest BCUT2D eigenvalue weighted by atomic mass is 10.0. The minimum absolute atomic E-state index is 0.136. The summed E-state index contributed by atoms with van der Waals surface area (Å²) in [5.74, 6) is 0.724. The molecule has 0 spiro atoms. The van der Waals surface area contributed by atoms with Gasteiger partial charge in [0.2, 0.25) is 0 Å². The highest BCUT2D eigenvalue weighted by Crippen LogP contribution is 2.32. The summed E-state index contributed by atoms with van der Waals surface area (Å²) in [5, 5.41) is 0. The van der Waals surface area contributed by atoms with E-state index in [2.05, 4.69) is 17.0 Å². The van der Waals surface area contributed by atoms with Crippen LogP contribution >= 0.6 is 0 Å². The first-order valence-corrected chi connectivity index (χ1v) is 6.78. The number of hydrogen-bond acceptors (Lipinski definition) is 4. The first-order chi connectivity index (χ1) is 9.24. The fourth-order valence-corrected chi connectivity index (χ4v) is 2.59. The van der Waals surface area contributed by atoms with Gasteiger partial charge >= 0.3 is 5.97 Å². The molecule has 4 nitrogen and oxygen atoms in total. The second kappa shape index (κ2) is 6.57. The van der Waals surface area contributed by atoms with Gasteiger partial charge < -0.3 is 9.47 Å². The molecule has 1 atom stereocenters. The van der Waals surface area contributed by atoms with Gasteiger partial charge in [0, 0.05) is 6.04 Å². The number of benzene rings is 1. The molecule has 0 radical (unpaired) electrons. The lowest BCUT2D eigenvalue weighted by molar-refractivity contribution is -0.144. The summed E-state index contributed by atoms with van der Waals surface area (Å²) >= 11 is 0. The smallest absolute Gasteiger partial charge is 0.320 e. The number of nitrogens with zero attached hydrogens (tertiary/aromatic N) is 1. The standard InChI is InChI=1S/C15H21NO3/c1-3-19-15(17)11-16-10-4-5-14(16)12-6-8-13(18-2)9-7-12/h6-9,14H,3-5,10-11H2,1-2H3/t14-/m1/s1. The zero-order chi connectivity index (χ0) is 13.7. The first-order valence-electron chi connectivity index (χ1n) is 6.78. The van der Waals surface area contributed by atoms with E-state index in [1.165, 1.54) is 5.56 Å². The van der Waals surface area contributed by atoms with Crippen molar-refractivity contribution in [2.75, 3.05) is 26.8 Å². The van der Waals surface area contributed by atoms with Crippen LogP contribution in [-0.2, 0) is 9.53 Å². The van der Waals surface area contributed by atoms with Gasteiger partial charge in [-0.1, -0.05) is 12.1 Å². The molecule has 0 aromatic heterocycles. The van der Waals surface area contributed by atoms with E-state index >= 15 is 0 Å². The quantitative estimate of drug-likeness (QED) is 0.765. The number of rotatable bonds is 5. The van der Waals surface area contributed by atoms with Gasteiger partial charge in [-0.3, -0.25) is 9.69 Å². The van der Waals surface area contributed by atoms with Crippen molar-refractivity contribution in [1.82, 2.24) is 4.90 Å². The Morgan fingerprint density at radius 2 is 2.11 bits per heavy atom. The molecule has 0 aliphatic carbocycles. The molecule has 1 fully saturated rings. The second-order valence-corrected chi connectivity index (χ2v) is 4.71. The van der Waals surface area contributed by atoms with E-state index in [0.29, 0.717) is 19.2 Å². The minimum atomic E-state index is -0.136. The molecule has 2 rings (SSSR count). The fourth-order valence-electron chi connectivity index (χ4n) is 2.59. The first kappa shape index (κ1) is 13.9. The van der Waals surface area contributed by atoms with Crippen LogP contribution in [0.15, 0.2) is 24.3 Å². The summed E-state index contributed by atoms with van der Waals surface area (Å²) in [6, 6.07) is 8.40. The molecule has 1 heterocycles. The molecule has 19 heavy (non-hydrogen) atoms. The Kier molecular flexibility index (Phi) is 4.80. The van der Waals surface area contributed by atoms with Crippen molar-refractivity contribution < 1.29 is 14.3 Å². The van der Waals surface area contributed by atoms with E-state index in [1.54, 1.807) is 7.11 Å². The average Bonchev–Trinajstić information content (AvgIpc) is 2.87. The third kappa shape index (κ3) is 3.47. The third-order valence-corrected chi connectivity index (χ3v) is 3.50. The van der Waals surface area contributed by atoms with Crippen molar-refractivity contribution >= 4 is 5.97 Å². The highest BCUT2D eigenvalue weighted by atomic mass is 16.5. The Morgan fingerprint density at radius 3 is 2.74 bits per heavy atom. The molecule has 0 amide bonds. The Labute approximate surface area is 114 Å². The molecule has 1 aliphatic heterocycles. The van der Waals surface area contributed by atoms with Crippen LogP contribution in [0.25, 0.3) is 0 Å². The van der Waals surface area contributed by atoms with Crippen LogP contribution in [0.4, 0.5) is 0 Å². The molecule has 1 aliphatic rings. The summed E-state index contributed by atoms with van der Waals surface area (Å²) in [7, 11) is 1.66. The highest BCUT2D eigenvalue weighted by molar-refractivity contribution is 5.71. The number of hydrogen-bond donors (Lipinski definition) is 0. The predicted octanol–water partition coefficient (Wildman–Crippen LogP) is 2.40. The molecule has 0 unspecified atom stereocenters. The molecular weight excluding hydrogens is 242 g/mol. The Morgan fingerprint density at radius 1 is 1.37 bits per heavy atom. The molecule has 104 valence electrons. The van der Waals surface area contributed by atoms with Crippen molar-refractivity contribution in [2.45, 2.75) is 25.8 Å². The number of esters is 1. The number of carbonyl (C=O) groups is 1. The van der Waals surface area contributed by atoms with Crippen LogP contribution < -0.4 is 4.74 Å². The lowest BCUT2D eigenvalue weighted by Crippen LogP contribution is -2.30. The Bertz CT molecular complexity index is 416. The van der Waals surface area contributed by atoms with Gasteiger partial charge in [0.25, 0.3) is 0 Å². The van der Waals surface area contributed by atoms with Crippen LogP contribution in [0, 0.1) is 0 Å². The van der Waals surface area contributed by atoms with Crippen LogP contribution in [0.5, 0.6) is 5.75 Å². The molecule has 1 aromatic rings. The maximum Gasteiger partial charge on any atom is 0.320 e. The molecule has 0 bridgehead atoms. The number of carbonyl (C=O) groups excluding carboxylic acids is 1. The van der Waals surface area contributed by atoms with E-state index in [1.807, 2.05) is 19.1 Å². The maximum atomic E-state index is 11.6. The van der Waals surface area contributed by atoms with Crippen molar-refractivity contribution in [3.05, 3.63) is 29.8 Å². The van der Waals surface area contributed by atoms with Crippen LogP contribution in [0.1, 0.15) is 31.4 Å². The summed E-state index contributed by atoms with van der Waals surface area (Å²) in [4.78, 5) is 13.8. The van der Waals surface area contributed by atoms with Crippen LogP contribution in [0.2, 0.25) is 0 Å². The number of likely N-dealkylation sites (tertiary alicyclic amines) is 1. The van der Waals surface area contributed by atoms with E-state index < -0.39 is 0 Å². The second-order valence-electron chi connectivity index (χ2n) is 4.71. The average molecular weight is 263 g/mol. The van der Waals surface area contributed by atoms with Crippen molar-refractivity contribution in [1.29, 1.82) is 0 Å². The summed E-state index contributed by atoms with van der Waals surface area (Å²) < 4.78 is 10.2. The Hall–Kier alpha value is -1.55. The highest BCUT2D eigenvalue weighted by Gasteiger charge is 2.27. The van der Waals surface area contributed by atoms with Crippen molar-refractivity contribution in [2.24, 2.45) is 0 Å². The monoisotopic (exact) mass is 263 g/mol. The van der Waals surface area contributed by atoms with E-state index in [4.69, 9.17) is 9.47 Å². The van der Waals surface area contributed by atoms with Gasteiger partial charge in [-0.2, -0.15) is 0 Å². The molecule has 1 saturated heterocycles. The van der Waals surface area contributed by atoms with E-state index in [0.717, 1.165) is 25.1 Å². The summed E-state index contributed by atoms with van der Waals surface area (Å²) in [5.41, 5.74) is 1.24. The van der Waals surface area contributed by atoms with Gasteiger partial charge in [0.1, 0.15) is 5.75 Å². The summed E-state index contributed by atoms with van der Waals surface area (Å²) in [6.45, 7) is 3.61. The number of methoxy groups -OCH3 is 1. The van der Waals surface area contributed by atoms with Crippen molar-refractivity contribution in [3.8, 4) is 5.75 Å². The third-order valence-electron chi connectivity index (χ3n) is 3.50. The summed E-state index contributed by atoms with van der Waals surface area (Å²) in [6.07, 6.45) is 2.21. The Balaban J connectivity index is 2.02. The fraction of sp³-hybridized carbons (Fsp3) is 0.533. The molecule has 0 saturated carbocycles. The van der Waals surface area contributed by atoms with Crippen LogP contribution in [-0.4, -0.2) is 37.7 Å². The van der Waals surface area contributed by atoms with Gasteiger partial charge in [-0.25, -0.2) is 0 Å². The van der Waals surface area contributed by atoms with Gasteiger partial charge in [0.15, 0.2) is 0 Å². The topological polar surface area (TPSA) is 38.8 Å². The van der Waals surface area contributed by atoms with Gasteiger partial charge in [-0.15, -0.1) is 0 Å². The largest absolute Gasteiger partial charge is 0.497 e. The van der Waals surface area contributed by atoms with Crippen LogP contribution in [0.3, 0.4) is 0 Å². The van der Waals surface area contributed by atoms with E-state index in [-0.39, 0.29) is 5.97 Å². The van der Waals surface area contributed by atoms with E-state index in [9.17, 15) is 4.79 Å². The molecule has 4 heteroatoms. The zero-order valence-corrected chi connectivity index (χ0v) is 11.6. The maximum absolute atomic E-state index is 11.6. The minimum Gasteiger partial charge on any atom is -0.497 e. The van der Waals surface area contributed by atoms with Gasteiger partial charge in [-0.05, 0) is 44.0 Å². The van der Waals surface area contributed by atoms with Gasteiger partial charge in [0.05, 0.1) is 20.3 Å².